The number of aryl methyl sites for hydroxylation is 1. The molecule has 0 atom stereocenters. The summed E-state index contributed by atoms with van der Waals surface area (Å²) in [5.74, 6) is 0.605. The third kappa shape index (κ3) is 4.62. The summed E-state index contributed by atoms with van der Waals surface area (Å²) in [6.45, 7) is 8.25. The molecule has 8 heteroatoms. The SMILES string of the molecule is CCc1cc(Nc2ncn(-c3cccc(SC)c3)n2)cc(N2CCN(C3COC3)CC2)c1.[HH]. The van der Waals surface area contributed by atoms with E-state index >= 15 is 0 Å². The third-order valence-electron chi connectivity index (χ3n) is 6.27. The molecule has 1 N–H and O–H groups in total. The molecule has 3 heterocycles. The maximum Gasteiger partial charge on any atom is 0.246 e. The van der Waals surface area contributed by atoms with Gasteiger partial charge in [0.05, 0.1) is 24.9 Å². The average Bonchev–Trinajstić information content (AvgIpc) is 3.26. The lowest BCUT2D eigenvalue weighted by atomic mass is 10.1. The summed E-state index contributed by atoms with van der Waals surface area (Å²) in [6.07, 6.45) is 4.83. The molecule has 2 aromatic carbocycles. The topological polar surface area (TPSA) is 58.5 Å². The maximum atomic E-state index is 5.37. The number of nitrogens with one attached hydrogen (secondary N) is 1. The standard InChI is InChI=1S/C24H30N6OS.H2/c1-3-18-11-19(13-21(12-18)28-7-9-29(10-8-28)22-15-31-16-22)26-24-25-17-30(27-24)20-5-4-6-23(14-20)32-2;/h4-6,11-14,17,22H,3,7-10,15-16H2,1-2H3,(H,26,27);1H. The van der Waals surface area contributed by atoms with Crippen molar-refractivity contribution in [2.45, 2.75) is 24.3 Å². The molecule has 1 aromatic heterocycles. The molecule has 5 rings (SSSR count). The van der Waals surface area contributed by atoms with Crippen LogP contribution in [0.4, 0.5) is 17.3 Å². The minimum atomic E-state index is 0. The fraction of sp³-hybridized carbons (Fsp3) is 0.417. The van der Waals surface area contributed by atoms with Gasteiger partial charge in [0.1, 0.15) is 6.33 Å². The highest BCUT2D eigenvalue weighted by Gasteiger charge is 2.29. The number of hydrogen-bond donors (Lipinski definition) is 1. The van der Waals surface area contributed by atoms with Gasteiger partial charge in [0, 0.05) is 43.9 Å². The Bertz CT molecular complexity index is 1060. The Balaban J connectivity index is 0.00000259. The Hall–Kier alpha value is -2.55. The molecule has 2 aliphatic rings. The summed E-state index contributed by atoms with van der Waals surface area (Å²) in [5, 5.41) is 8.07. The smallest absolute Gasteiger partial charge is 0.246 e. The molecule has 2 fully saturated rings. The first-order chi connectivity index (χ1) is 15.7. The Morgan fingerprint density at radius 1 is 1.09 bits per heavy atom. The largest absolute Gasteiger partial charge is 0.378 e. The second kappa shape index (κ2) is 9.52. The van der Waals surface area contributed by atoms with Crippen LogP contribution in [0.5, 0.6) is 0 Å². The molecule has 0 bridgehead atoms. The zero-order valence-corrected chi connectivity index (χ0v) is 19.5. The highest BCUT2D eigenvalue weighted by atomic mass is 32.2. The van der Waals surface area contributed by atoms with Gasteiger partial charge < -0.3 is 15.0 Å². The summed E-state index contributed by atoms with van der Waals surface area (Å²) >= 11 is 1.72. The average molecular weight is 453 g/mol. The van der Waals surface area contributed by atoms with Crippen molar-refractivity contribution < 1.29 is 6.16 Å². The van der Waals surface area contributed by atoms with E-state index in [9.17, 15) is 0 Å². The summed E-state index contributed by atoms with van der Waals surface area (Å²) < 4.78 is 7.18. The fourth-order valence-corrected chi connectivity index (χ4v) is 4.69. The van der Waals surface area contributed by atoms with E-state index in [-0.39, 0.29) is 1.43 Å². The van der Waals surface area contributed by atoms with E-state index in [1.54, 1.807) is 18.1 Å². The molecule has 0 amide bonds. The lowest BCUT2D eigenvalue weighted by molar-refractivity contribution is -0.0660. The first kappa shape index (κ1) is 21.3. The van der Waals surface area contributed by atoms with E-state index < -0.39 is 0 Å². The quantitative estimate of drug-likeness (QED) is 0.543. The lowest BCUT2D eigenvalue weighted by Gasteiger charge is -2.43. The van der Waals surface area contributed by atoms with E-state index in [0.29, 0.717) is 12.0 Å². The van der Waals surface area contributed by atoms with Crippen LogP contribution in [0.1, 0.15) is 13.9 Å². The number of benzene rings is 2. The first-order valence-electron chi connectivity index (χ1n) is 11.3. The van der Waals surface area contributed by atoms with E-state index in [0.717, 1.165) is 57.2 Å². The van der Waals surface area contributed by atoms with Crippen molar-refractivity contribution in [3.05, 3.63) is 54.4 Å². The Morgan fingerprint density at radius 2 is 1.94 bits per heavy atom. The molecule has 0 aliphatic carbocycles. The minimum absolute atomic E-state index is 0. The molecule has 0 spiro atoms. The number of piperazine rings is 1. The van der Waals surface area contributed by atoms with Crippen molar-refractivity contribution in [1.29, 1.82) is 0 Å². The van der Waals surface area contributed by atoms with Crippen LogP contribution in [0.25, 0.3) is 5.69 Å². The third-order valence-corrected chi connectivity index (χ3v) is 6.99. The highest BCUT2D eigenvalue weighted by molar-refractivity contribution is 7.98. The van der Waals surface area contributed by atoms with Gasteiger partial charge >= 0.3 is 0 Å². The predicted molar refractivity (Wildman–Crippen MR) is 133 cm³/mol. The number of nitrogens with zero attached hydrogens (tertiary/aromatic N) is 5. The summed E-state index contributed by atoms with van der Waals surface area (Å²) in [6, 6.07) is 15.7. The van der Waals surface area contributed by atoms with Gasteiger partial charge in [-0.3, -0.25) is 4.90 Å². The van der Waals surface area contributed by atoms with Crippen LogP contribution in [0.15, 0.2) is 53.7 Å². The van der Waals surface area contributed by atoms with E-state index in [2.05, 4.69) is 68.7 Å². The van der Waals surface area contributed by atoms with Gasteiger partial charge in [-0.2, -0.15) is 4.98 Å². The van der Waals surface area contributed by atoms with Crippen molar-refractivity contribution in [3.8, 4) is 5.69 Å². The highest BCUT2D eigenvalue weighted by Crippen LogP contribution is 2.27. The van der Waals surface area contributed by atoms with Crippen molar-refractivity contribution in [2.75, 3.05) is 55.9 Å². The second-order valence-electron chi connectivity index (χ2n) is 8.30. The first-order valence-corrected chi connectivity index (χ1v) is 12.5. The van der Waals surface area contributed by atoms with Crippen molar-refractivity contribution >= 4 is 29.1 Å². The molecular formula is C24H32N6OS. The molecular weight excluding hydrogens is 420 g/mol. The van der Waals surface area contributed by atoms with Crippen LogP contribution in [0.3, 0.4) is 0 Å². The van der Waals surface area contributed by atoms with E-state index in [1.807, 2.05) is 16.8 Å². The normalized spacial score (nSPS) is 17.4. The van der Waals surface area contributed by atoms with Crippen LogP contribution < -0.4 is 10.2 Å². The molecule has 170 valence electrons. The summed E-state index contributed by atoms with van der Waals surface area (Å²) in [7, 11) is 0. The molecule has 32 heavy (non-hydrogen) atoms. The van der Waals surface area contributed by atoms with Crippen molar-refractivity contribution in [3.63, 3.8) is 0 Å². The number of anilines is 3. The van der Waals surface area contributed by atoms with Crippen LogP contribution in [0, 0.1) is 0 Å². The van der Waals surface area contributed by atoms with Gasteiger partial charge in [-0.05, 0) is 54.6 Å². The predicted octanol–water partition coefficient (Wildman–Crippen LogP) is 4.06. The number of rotatable bonds is 7. The number of thioether (sulfide) groups is 1. The second-order valence-corrected chi connectivity index (χ2v) is 9.17. The van der Waals surface area contributed by atoms with E-state index in [1.165, 1.54) is 16.1 Å². The lowest BCUT2D eigenvalue weighted by Crippen LogP contribution is -2.56. The Labute approximate surface area is 195 Å². The van der Waals surface area contributed by atoms with Crippen molar-refractivity contribution in [2.24, 2.45) is 0 Å². The number of aromatic nitrogens is 3. The summed E-state index contributed by atoms with van der Waals surface area (Å²) in [4.78, 5) is 10.7. The van der Waals surface area contributed by atoms with Gasteiger partial charge in [0.2, 0.25) is 5.95 Å². The van der Waals surface area contributed by atoms with Gasteiger partial charge in [0.15, 0.2) is 0 Å². The molecule has 3 aromatic rings. The molecule has 0 unspecified atom stereocenters. The zero-order valence-electron chi connectivity index (χ0n) is 18.7. The Kier molecular flexibility index (Phi) is 6.34. The molecule has 2 aliphatic heterocycles. The molecule has 7 nitrogen and oxygen atoms in total. The Morgan fingerprint density at radius 3 is 2.66 bits per heavy atom. The van der Waals surface area contributed by atoms with E-state index in [4.69, 9.17) is 4.74 Å². The summed E-state index contributed by atoms with van der Waals surface area (Å²) in [5.41, 5.74) is 4.62. The monoisotopic (exact) mass is 452 g/mol. The molecule has 2 saturated heterocycles. The minimum Gasteiger partial charge on any atom is -0.378 e. The van der Waals surface area contributed by atoms with Gasteiger partial charge in [-0.15, -0.1) is 16.9 Å². The van der Waals surface area contributed by atoms with Crippen LogP contribution in [-0.4, -0.2) is 71.4 Å². The number of ether oxygens (including phenoxy) is 1. The van der Waals surface area contributed by atoms with Gasteiger partial charge in [-0.25, -0.2) is 4.68 Å². The van der Waals surface area contributed by atoms with Crippen LogP contribution in [-0.2, 0) is 11.2 Å². The molecule has 0 saturated carbocycles. The van der Waals surface area contributed by atoms with Crippen molar-refractivity contribution in [1.82, 2.24) is 19.7 Å². The number of hydrogen-bond acceptors (Lipinski definition) is 7. The van der Waals surface area contributed by atoms with Crippen LogP contribution in [0.2, 0.25) is 0 Å². The maximum absolute atomic E-state index is 5.37. The fourth-order valence-electron chi connectivity index (χ4n) is 4.24. The zero-order chi connectivity index (χ0) is 21.9. The van der Waals surface area contributed by atoms with Gasteiger partial charge in [0.25, 0.3) is 0 Å². The van der Waals surface area contributed by atoms with Crippen LogP contribution >= 0.6 is 11.8 Å². The molecule has 0 radical (unpaired) electrons. The van der Waals surface area contributed by atoms with Gasteiger partial charge in [-0.1, -0.05) is 13.0 Å².